The summed E-state index contributed by atoms with van der Waals surface area (Å²) >= 11 is 0. The molecule has 30 heavy (non-hydrogen) atoms. The molecule has 156 valence electrons. The van der Waals surface area contributed by atoms with Gasteiger partial charge in [-0.25, -0.2) is 4.68 Å². The van der Waals surface area contributed by atoms with Gasteiger partial charge >= 0.3 is 6.18 Å². The van der Waals surface area contributed by atoms with Crippen LogP contribution in [-0.4, -0.2) is 45.0 Å². The van der Waals surface area contributed by atoms with Gasteiger partial charge in [0.15, 0.2) is 5.65 Å². The number of alkyl halides is 3. The van der Waals surface area contributed by atoms with E-state index < -0.39 is 17.3 Å². The number of halogens is 3. The van der Waals surface area contributed by atoms with Crippen molar-refractivity contribution in [2.24, 2.45) is 0 Å². The molecule has 6 rings (SSSR count). The van der Waals surface area contributed by atoms with Crippen molar-refractivity contribution in [3.05, 3.63) is 45.9 Å². The van der Waals surface area contributed by atoms with Gasteiger partial charge in [0.05, 0.1) is 30.0 Å². The third kappa shape index (κ3) is 2.81. The summed E-state index contributed by atoms with van der Waals surface area (Å²) in [7, 11) is 0. The highest BCUT2D eigenvalue weighted by molar-refractivity contribution is 5.75. The third-order valence-electron chi connectivity index (χ3n) is 6.17. The van der Waals surface area contributed by atoms with Crippen molar-refractivity contribution < 1.29 is 17.9 Å². The Morgan fingerprint density at radius 2 is 2.07 bits per heavy atom. The van der Waals surface area contributed by atoms with Crippen LogP contribution in [0.1, 0.15) is 36.3 Å². The predicted octanol–water partition coefficient (Wildman–Crippen LogP) is 2.98. The minimum absolute atomic E-state index is 0.112. The number of rotatable bonds is 3. The molecule has 2 atom stereocenters. The second-order valence-corrected chi connectivity index (χ2v) is 8.25. The Kier molecular flexibility index (Phi) is 3.63. The zero-order valence-corrected chi connectivity index (χ0v) is 15.8. The molecule has 10 heteroatoms. The summed E-state index contributed by atoms with van der Waals surface area (Å²) in [5, 5.41) is 4.38. The number of benzene rings is 1. The summed E-state index contributed by atoms with van der Waals surface area (Å²) in [5.74, 6) is 0.581. The number of ether oxygens (including phenoxy) is 1. The number of aromatic amines is 1. The Morgan fingerprint density at radius 3 is 2.73 bits per heavy atom. The van der Waals surface area contributed by atoms with Crippen molar-refractivity contribution in [2.75, 3.05) is 18.1 Å². The smallest absolute Gasteiger partial charge is 0.374 e. The van der Waals surface area contributed by atoms with Crippen LogP contribution in [0.5, 0.6) is 0 Å². The van der Waals surface area contributed by atoms with Gasteiger partial charge in [-0.2, -0.15) is 18.2 Å². The molecule has 1 aromatic carbocycles. The van der Waals surface area contributed by atoms with E-state index in [1.807, 2.05) is 4.90 Å². The summed E-state index contributed by atoms with van der Waals surface area (Å²) < 4.78 is 47.9. The number of hydrogen-bond donors (Lipinski definition) is 1. The Bertz CT molecular complexity index is 1210. The van der Waals surface area contributed by atoms with E-state index in [1.54, 1.807) is 6.07 Å². The molecular weight excluding hydrogens is 399 g/mol. The number of hydrogen-bond acceptors (Lipinski definition) is 5. The van der Waals surface area contributed by atoms with E-state index in [1.165, 1.54) is 18.3 Å². The van der Waals surface area contributed by atoms with Gasteiger partial charge in [0.25, 0.3) is 5.56 Å². The highest BCUT2D eigenvalue weighted by Gasteiger charge is 2.40. The van der Waals surface area contributed by atoms with Crippen LogP contribution in [0.15, 0.2) is 29.2 Å². The normalized spacial score (nSPS) is 23.6. The number of nitrogens with one attached hydrogen (secondary N) is 1. The molecule has 1 N–H and O–H groups in total. The molecule has 2 aromatic heterocycles. The van der Waals surface area contributed by atoms with Crippen LogP contribution in [0.25, 0.3) is 16.7 Å². The fraction of sp³-hybridized carbons (Fsp3) is 0.450. The van der Waals surface area contributed by atoms with Crippen molar-refractivity contribution in [1.29, 1.82) is 0 Å². The number of H-pyrrole nitrogens is 1. The van der Waals surface area contributed by atoms with Gasteiger partial charge in [-0.15, -0.1) is 5.10 Å². The standard InChI is InChI=1S/C20H18F3N5O2/c21-20(22,23)15-5-11(10-1-2-10)3-4-16(15)28-8-14-17(26-28)24-19(25-18(14)29)27-7-13-6-12(27)9-30-13/h3-5,8,10,12-13H,1-2,6-7,9H2,(H,24,25,26,29)/t12-,13-/m1/s1. The lowest BCUT2D eigenvalue weighted by Crippen LogP contribution is -2.38. The maximum atomic E-state index is 13.7. The predicted molar refractivity (Wildman–Crippen MR) is 102 cm³/mol. The van der Waals surface area contributed by atoms with E-state index in [9.17, 15) is 18.0 Å². The molecular formula is C20H18F3N5O2. The first-order chi connectivity index (χ1) is 14.4. The number of anilines is 1. The summed E-state index contributed by atoms with van der Waals surface area (Å²) in [5.41, 5.74) is -0.484. The lowest BCUT2D eigenvalue weighted by molar-refractivity contribution is -0.137. The van der Waals surface area contributed by atoms with Gasteiger partial charge in [-0.3, -0.25) is 9.78 Å². The van der Waals surface area contributed by atoms with E-state index in [-0.39, 0.29) is 34.8 Å². The number of morpholine rings is 1. The highest BCUT2D eigenvalue weighted by Crippen LogP contribution is 2.43. The van der Waals surface area contributed by atoms with Crippen molar-refractivity contribution in [3.8, 4) is 5.69 Å². The van der Waals surface area contributed by atoms with E-state index in [0.29, 0.717) is 24.7 Å². The van der Waals surface area contributed by atoms with E-state index >= 15 is 0 Å². The highest BCUT2D eigenvalue weighted by atomic mass is 19.4. The van der Waals surface area contributed by atoms with Gasteiger partial charge in [-0.05, 0) is 42.9 Å². The number of aromatic nitrogens is 4. The largest absolute Gasteiger partial charge is 0.418 e. The van der Waals surface area contributed by atoms with Gasteiger partial charge in [0.2, 0.25) is 5.95 Å². The Hall–Kier alpha value is -2.88. The Morgan fingerprint density at radius 1 is 1.23 bits per heavy atom. The molecule has 2 aliphatic heterocycles. The maximum Gasteiger partial charge on any atom is 0.418 e. The van der Waals surface area contributed by atoms with Gasteiger partial charge in [-0.1, -0.05) is 6.07 Å². The molecule has 0 spiro atoms. The summed E-state index contributed by atoms with van der Waals surface area (Å²) in [4.78, 5) is 21.8. The van der Waals surface area contributed by atoms with Crippen LogP contribution in [-0.2, 0) is 10.9 Å². The first kappa shape index (κ1) is 17.9. The van der Waals surface area contributed by atoms with Crippen LogP contribution in [0.4, 0.5) is 19.1 Å². The minimum atomic E-state index is -4.53. The van der Waals surface area contributed by atoms with Crippen molar-refractivity contribution in [2.45, 2.75) is 43.5 Å². The zero-order chi connectivity index (χ0) is 20.6. The van der Waals surface area contributed by atoms with Gasteiger partial charge in [0, 0.05) is 12.7 Å². The van der Waals surface area contributed by atoms with Crippen molar-refractivity contribution in [1.82, 2.24) is 19.7 Å². The lowest BCUT2D eigenvalue weighted by Gasteiger charge is -2.26. The molecule has 3 aromatic rings. The quantitative estimate of drug-likeness (QED) is 0.709. The Balaban J connectivity index is 1.45. The van der Waals surface area contributed by atoms with E-state index in [4.69, 9.17) is 4.74 Å². The van der Waals surface area contributed by atoms with Gasteiger partial charge < -0.3 is 9.64 Å². The average molecular weight is 417 g/mol. The van der Waals surface area contributed by atoms with E-state index in [0.717, 1.165) is 23.9 Å². The summed E-state index contributed by atoms with van der Waals surface area (Å²) in [6.07, 6.45) is -0.406. The fourth-order valence-corrected chi connectivity index (χ4v) is 4.47. The molecule has 0 unspecified atom stereocenters. The molecule has 0 radical (unpaired) electrons. The number of nitrogens with zero attached hydrogens (tertiary/aromatic N) is 4. The third-order valence-corrected chi connectivity index (χ3v) is 6.17. The van der Waals surface area contributed by atoms with Crippen LogP contribution in [0, 0.1) is 0 Å². The molecule has 2 bridgehead atoms. The molecule has 4 heterocycles. The first-order valence-electron chi connectivity index (χ1n) is 9.96. The summed E-state index contributed by atoms with van der Waals surface area (Å²) in [6.45, 7) is 1.20. The molecule has 3 aliphatic rings. The second kappa shape index (κ2) is 6.07. The van der Waals surface area contributed by atoms with E-state index in [2.05, 4.69) is 15.1 Å². The monoisotopic (exact) mass is 417 g/mol. The second-order valence-electron chi connectivity index (χ2n) is 8.25. The molecule has 0 amide bonds. The number of fused-ring (bicyclic) bond motifs is 3. The average Bonchev–Trinajstić information content (AvgIpc) is 3.13. The minimum Gasteiger partial charge on any atom is -0.374 e. The summed E-state index contributed by atoms with van der Waals surface area (Å²) in [6, 6.07) is 4.47. The van der Waals surface area contributed by atoms with Crippen LogP contribution < -0.4 is 10.5 Å². The van der Waals surface area contributed by atoms with Crippen LogP contribution in [0.2, 0.25) is 0 Å². The topological polar surface area (TPSA) is 76.0 Å². The molecule has 2 saturated heterocycles. The van der Waals surface area contributed by atoms with Crippen molar-refractivity contribution >= 4 is 17.0 Å². The lowest BCUT2D eigenvalue weighted by atomic mass is 10.0. The van der Waals surface area contributed by atoms with Gasteiger partial charge in [0.1, 0.15) is 5.39 Å². The zero-order valence-electron chi connectivity index (χ0n) is 15.8. The van der Waals surface area contributed by atoms with Crippen LogP contribution in [0.3, 0.4) is 0 Å². The first-order valence-corrected chi connectivity index (χ1v) is 9.96. The Labute approximate surface area is 168 Å². The maximum absolute atomic E-state index is 13.7. The molecule has 1 aliphatic carbocycles. The molecule has 7 nitrogen and oxygen atoms in total. The van der Waals surface area contributed by atoms with Crippen molar-refractivity contribution in [3.63, 3.8) is 0 Å². The van der Waals surface area contributed by atoms with Crippen LogP contribution >= 0.6 is 0 Å². The fourth-order valence-electron chi connectivity index (χ4n) is 4.47. The molecule has 1 saturated carbocycles. The molecule has 3 fully saturated rings. The SMILES string of the molecule is O=c1[nH]c(N2C[C@H]3C[C@@H]2CO3)nc2nn(-c3ccc(C4CC4)cc3C(F)(F)F)cc12.